The third-order valence-corrected chi connectivity index (χ3v) is 4.30. The van der Waals surface area contributed by atoms with E-state index in [-0.39, 0.29) is 30.1 Å². The standard InChI is InChI=1S/C19H19N3O6/c1-27-15-7-4-13(5-8-15)12-20-18(23)3-2-10-21-16-9-6-14(22(25)26)11-17(16)28-19(21)24/h4-9,11H,2-3,10,12H2,1H3,(H,20,23). The van der Waals surface area contributed by atoms with Gasteiger partial charge in [-0.3, -0.25) is 19.5 Å². The molecule has 146 valence electrons. The molecule has 0 saturated heterocycles. The first-order valence-corrected chi connectivity index (χ1v) is 8.65. The third-order valence-electron chi connectivity index (χ3n) is 4.30. The minimum Gasteiger partial charge on any atom is -0.497 e. The highest BCUT2D eigenvalue weighted by atomic mass is 16.6. The molecule has 1 N–H and O–H groups in total. The second-order valence-corrected chi connectivity index (χ2v) is 6.16. The van der Waals surface area contributed by atoms with Crippen molar-refractivity contribution in [1.82, 2.24) is 9.88 Å². The van der Waals surface area contributed by atoms with Gasteiger partial charge in [0.25, 0.3) is 5.69 Å². The predicted octanol–water partition coefficient (Wildman–Crippen LogP) is 2.61. The molecular formula is C19H19N3O6. The summed E-state index contributed by atoms with van der Waals surface area (Å²) in [6, 6.07) is 11.4. The molecule has 28 heavy (non-hydrogen) atoms. The number of non-ortho nitro benzene ring substituents is 1. The summed E-state index contributed by atoms with van der Waals surface area (Å²) in [7, 11) is 1.59. The SMILES string of the molecule is COc1ccc(CNC(=O)CCCn2c(=O)oc3cc([N+](=O)[O-])ccc32)cc1. The number of rotatable bonds is 8. The number of aryl methyl sites for hydroxylation is 1. The summed E-state index contributed by atoms with van der Waals surface area (Å²) in [5.41, 5.74) is 1.43. The lowest BCUT2D eigenvalue weighted by atomic mass is 10.2. The molecule has 2 aromatic carbocycles. The molecule has 0 aliphatic rings. The molecule has 0 fully saturated rings. The number of amides is 1. The van der Waals surface area contributed by atoms with Crippen molar-refractivity contribution in [3.8, 4) is 5.75 Å². The van der Waals surface area contributed by atoms with Gasteiger partial charge in [0.1, 0.15) is 5.75 Å². The molecule has 0 bridgehead atoms. The number of nitro benzene ring substituents is 1. The van der Waals surface area contributed by atoms with E-state index in [1.807, 2.05) is 24.3 Å². The van der Waals surface area contributed by atoms with E-state index in [1.165, 1.54) is 22.8 Å². The summed E-state index contributed by atoms with van der Waals surface area (Å²) < 4.78 is 11.5. The molecule has 9 nitrogen and oxygen atoms in total. The van der Waals surface area contributed by atoms with Crippen LogP contribution in [0.5, 0.6) is 5.75 Å². The van der Waals surface area contributed by atoms with Gasteiger partial charge in [0, 0.05) is 25.6 Å². The number of aromatic nitrogens is 1. The second-order valence-electron chi connectivity index (χ2n) is 6.16. The predicted molar refractivity (Wildman–Crippen MR) is 101 cm³/mol. The molecule has 3 rings (SSSR count). The molecule has 0 radical (unpaired) electrons. The van der Waals surface area contributed by atoms with Crippen LogP contribution in [0, 0.1) is 10.1 Å². The lowest BCUT2D eigenvalue weighted by Gasteiger charge is -2.07. The Morgan fingerprint density at radius 3 is 2.68 bits per heavy atom. The Morgan fingerprint density at radius 2 is 2.00 bits per heavy atom. The summed E-state index contributed by atoms with van der Waals surface area (Å²) in [5, 5.41) is 13.6. The van der Waals surface area contributed by atoms with Gasteiger partial charge in [-0.2, -0.15) is 0 Å². The number of oxazole rings is 1. The van der Waals surface area contributed by atoms with Crippen LogP contribution in [0.3, 0.4) is 0 Å². The van der Waals surface area contributed by atoms with Crippen LogP contribution < -0.4 is 15.8 Å². The highest BCUT2D eigenvalue weighted by Gasteiger charge is 2.14. The van der Waals surface area contributed by atoms with Crippen LogP contribution in [-0.2, 0) is 17.9 Å². The maximum atomic E-state index is 12.0. The molecule has 0 unspecified atom stereocenters. The Labute approximate surface area is 159 Å². The summed E-state index contributed by atoms with van der Waals surface area (Å²) in [5.74, 6) is 0.0135. The van der Waals surface area contributed by atoms with Crippen LogP contribution in [0.1, 0.15) is 18.4 Å². The van der Waals surface area contributed by atoms with E-state index >= 15 is 0 Å². The van der Waals surface area contributed by atoms with E-state index in [2.05, 4.69) is 5.32 Å². The van der Waals surface area contributed by atoms with Gasteiger partial charge in [0.2, 0.25) is 5.91 Å². The van der Waals surface area contributed by atoms with Crippen molar-refractivity contribution < 1.29 is 18.9 Å². The van der Waals surface area contributed by atoms with Crippen molar-refractivity contribution in [3.63, 3.8) is 0 Å². The average molecular weight is 385 g/mol. The Bertz CT molecular complexity index is 1050. The number of nitro groups is 1. The Hall–Kier alpha value is -3.62. The molecular weight excluding hydrogens is 366 g/mol. The maximum Gasteiger partial charge on any atom is 0.419 e. The van der Waals surface area contributed by atoms with Gasteiger partial charge in [-0.15, -0.1) is 0 Å². The number of hydrogen-bond acceptors (Lipinski definition) is 6. The number of benzene rings is 2. The highest BCUT2D eigenvalue weighted by Crippen LogP contribution is 2.20. The Balaban J connectivity index is 1.54. The summed E-state index contributed by atoms with van der Waals surface area (Å²) >= 11 is 0. The Morgan fingerprint density at radius 1 is 1.25 bits per heavy atom. The van der Waals surface area contributed by atoms with E-state index in [4.69, 9.17) is 9.15 Å². The van der Waals surface area contributed by atoms with Crippen LogP contribution in [0.15, 0.2) is 51.7 Å². The van der Waals surface area contributed by atoms with Gasteiger partial charge < -0.3 is 14.5 Å². The summed E-state index contributed by atoms with van der Waals surface area (Å²) in [6.45, 7) is 0.681. The van der Waals surface area contributed by atoms with Crippen LogP contribution >= 0.6 is 0 Å². The lowest BCUT2D eigenvalue weighted by molar-refractivity contribution is -0.384. The summed E-state index contributed by atoms with van der Waals surface area (Å²) in [4.78, 5) is 34.2. The molecule has 1 aromatic heterocycles. The van der Waals surface area contributed by atoms with E-state index in [1.54, 1.807) is 7.11 Å². The number of nitrogens with zero attached hydrogens (tertiary/aromatic N) is 2. The van der Waals surface area contributed by atoms with E-state index in [9.17, 15) is 19.7 Å². The number of hydrogen-bond donors (Lipinski definition) is 1. The van der Waals surface area contributed by atoms with E-state index in [0.29, 0.717) is 18.5 Å². The lowest BCUT2D eigenvalue weighted by Crippen LogP contribution is -2.23. The molecule has 0 spiro atoms. The van der Waals surface area contributed by atoms with Crippen molar-refractivity contribution in [2.75, 3.05) is 7.11 Å². The van der Waals surface area contributed by atoms with Crippen molar-refractivity contribution in [2.45, 2.75) is 25.9 Å². The van der Waals surface area contributed by atoms with Gasteiger partial charge in [0.05, 0.1) is 23.6 Å². The average Bonchev–Trinajstić information content (AvgIpc) is 3.01. The van der Waals surface area contributed by atoms with E-state index in [0.717, 1.165) is 11.3 Å². The monoisotopic (exact) mass is 385 g/mol. The van der Waals surface area contributed by atoms with Gasteiger partial charge in [-0.1, -0.05) is 12.1 Å². The maximum absolute atomic E-state index is 12.0. The number of ether oxygens (including phenoxy) is 1. The zero-order valence-electron chi connectivity index (χ0n) is 15.2. The minimum absolute atomic E-state index is 0.132. The Kier molecular flexibility index (Phi) is 5.73. The molecule has 0 aliphatic heterocycles. The first-order chi connectivity index (χ1) is 13.5. The van der Waals surface area contributed by atoms with E-state index < -0.39 is 10.7 Å². The normalized spacial score (nSPS) is 10.8. The number of methoxy groups -OCH3 is 1. The number of carbonyl (C=O) groups excluding carboxylic acids is 1. The largest absolute Gasteiger partial charge is 0.497 e. The number of nitrogens with one attached hydrogen (secondary N) is 1. The van der Waals surface area contributed by atoms with Crippen molar-refractivity contribution in [3.05, 3.63) is 68.7 Å². The smallest absolute Gasteiger partial charge is 0.419 e. The van der Waals surface area contributed by atoms with Crippen molar-refractivity contribution >= 4 is 22.7 Å². The van der Waals surface area contributed by atoms with Crippen molar-refractivity contribution in [2.24, 2.45) is 0 Å². The van der Waals surface area contributed by atoms with Gasteiger partial charge >= 0.3 is 5.76 Å². The zero-order chi connectivity index (χ0) is 20.1. The fourth-order valence-electron chi connectivity index (χ4n) is 2.81. The van der Waals surface area contributed by atoms with Crippen LogP contribution in [0.4, 0.5) is 5.69 Å². The first-order valence-electron chi connectivity index (χ1n) is 8.65. The van der Waals surface area contributed by atoms with Gasteiger partial charge in [-0.05, 0) is 30.2 Å². The second kappa shape index (κ2) is 8.38. The van der Waals surface area contributed by atoms with Crippen LogP contribution in [0.25, 0.3) is 11.1 Å². The van der Waals surface area contributed by atoms with Gasteiger partial charge in [0.15, 0.2) is 5.58 Å². The molecule has 1 heterocycles. The van der Waals surface area contributed by atoms with Crippen LogP contribution in [-0.4, -0.2) is 22.5 Å². The minimum atomic E-state index is -0.603. The molecule has 0 saturated carbocycles. The van der Waals surface area contributed by atoms with Crippen molar-refractivity contribution in [1.29, 1.82) is 0 Å². The highest BCUT2D eigenvalue weighted by molar-refractivity contribution is 5.76. The van der Waals surface area contributed by atoms with Gasteiger partial charge in [-0.25, -0.2) is 4.79 Å². The molecule has 1 amide bonds. The third kappa shape index (κ3) is 4.37. The topological polar surface area (TPSA) is 117 Å². The number of carbonyl (C=O) groups is 1. The first kappa shape index (κ1) is 19.2. The fraction of sp³-hybridized carbons (Fsp3) is 0.263. The summed E-state index contributed by atoms with van der Waals surface area (Å²) in [6.07, 6.45) is 0.669. The number of fused-ring (bicyclic) bond motifs is 1. The zero-order valence-corrected chi connectivity index (χ0v) is 15.2. The molecule has 3 aromatic rings. The molecule has 0 atom stereocenters. The fourth-order valence-corrected chi connectivity index (χ4v) is 2.81. The molecule has 0 aliphatic carbocycles. The quantitative estimate of drug-likeness (QED) is 0.471. The molecule has 9 heteroatoms. The van der Waals surface area contributed by atoms with Crippen LogP contribution in [0.2, 0.25) is 0 Å².